The fourth-order valence-corrected chi connectivity index (χ4v) is 3.64. The maximum Gasteiger partial charge on any atom is 0.137 e. The van der Waals surface area contributed by atoms with E-state index >= 15 is 0 Å². The number of nitrogens with two attached hydrogens (primary N) is 1. The lowest BCUT2D eigenvalue weighted by molar-refractivity contribution is 0.182. The van der Waals surface area contributed by atoms with Crippen molar-refractivity contribution in [3.8, 4) is 0 Å². The quantitative estimate of drug-likeness (QED) is 0.857. The lowest BCUT2D eigenvalue weighted by Gasteiger charge is -2.40. The van der Waals surface area contributed by atoms with Gasteiger partial charge in [0.05, 0.1) is 4.47 Å². The molecule has 19 heavy (non-hydrogen) atoms. The molecule has 0 spiro atoms. The predicted molar refractivity (Wildman–Crippen MR) is 81.5 cm³/mol. The van der Waals surface area contributed by atoms with Crippen molar-refractivity contribution in [1.82, 2.24) is 0 Å². The van der Waals surface area contributed by atoms with E-state index in [-0.39, 0.29) is 11.4 Å². The minimum absolute atomic E-state index is 0.177. The van der Waals surface area contributed by atoms with Crippen LogP contribution >= 0.6 is 15.9 Å². The number of hydrogen-bond donors (Lipinski definition) is 1. The monoisotopic (exact) mass is 327 g/mol. The van der Waals surface area contributed by atoms with Crippen LogP contribution in [0, 0.1) is 17.7 Å². The van der Waals surface area contributed by atoms with Gasteiger partial charge in [0.15, 0.2) is 0 Å². The van der Waals surface area contributed by atoms with Gasteiger partial charge in [0.2, 0.25) is 0 Å². The molecule has 2 unspecified atom stereocenters. The Morgan fingerprint density at radius 2 is 2.21 bits per heavy atom. The fraction of sp³-hybridized carbons (Fsp3) is 0.625. The van der Waals surface area contributed by atoms with Crippen LogP contribution in [0.4, 0.5) is 4.39 Å². The molecule has 1 aliphatic carbocycles. The molecule has 0 radical (unpaired) electrons. The lowest BCUT2D eigenvalue weighted by atomic mass is 9.70. The zero-order valence-corrected chi connectivity index (χ0v) is 13.3. The summed E-state index contributed by atoms with van der Waals surface area (Å²) >= 11 is 3.34. The normalized spacial score (nSPS) is 27.8. The summed E-state index contributed by atoms with van der Waals surface area (Å²) in [5.41, 5.74) is 7.41. The third kappa shape index (κ3) is 3.57. The Hall–Kier alpha value is -0.410. The van der Waals surface area contributed by atoms with E-state index in [4.69, 9.17) is 5.73 Å². The van der Waals surface area contributed by atoms with E-state index in [0.717, 1.165) is 24.8 Å². The first kappa shape index (κ1) is 15.0. The zero-order chi connectivity index (χ0) is 14.0. The number of halogens is 2. The van der Waals surface area contributed by atoms with Crippen molar-refractivity contribution < 1.29 is 4.39 Å². The van der Waals surface area contributed by atoms with Gasteiger partial charge >= 0.3 is 0 Å². The minimum atomic E-state index is -0.197. The maximum atomic E-state index is 13.6. The Bertz CT molecular complexity index is 446. The van der Waals surface area contributed by atoms with Crippen molar-refractivity contribution >= 4 is 15.9 Å². The molecule has 0 aliphatic heterocycles. The smallest absolute Gasteiger partial charge is 0.137 e. The predicted octanol–water partition coefficient (Wildman–Crippen LogP) is 4.67. The average molecular weight is 328 g/mol. The van der Waals surface area contributed by atoms with Crippen molar-refractivity contribution in [2.75, 3.05) is 0 Å². The summed E-state index contributed by atoms with van der Waals surface area (Å²) in [5.74, 6) is 1.18. The van der Waals surface area contributed by atoms with Crippen LogP contribution in [-0.4, -0.2) is 5.54 Å². The maximum absolute atomic E-state index is 13.6. The molecule has 3 heteroatoms. The van der Waals surface area contributed by atoms with Crippen molar-refractivity contribution in [1.29, 1.82) is 0 Å². The molecule has 1 aromatic carbocycles. The highest BCUT2D eigenvalue weighted by Gasteiger charge is 2.34. The van der Waals surface area contributed by atoms with Crippen LogP contribution in [0.2, 0.25) is 0 Å². The first-order chi connectivity index (χ1) is 8.91. The van der Waals surface area contributed by atoms with Crippen molar-refractivity contribution in [3.05, 3.63) is 34.1 Å². The zero-order valence-electron chi connectivity index (χ0n) is 11.8. The lowest BCUT2D eigenvalue weighted by Crippen LogP contribution is -2.47. The number of benzene rings is 1. The van der Waals surface area contributed by atoms with E-state index in [1.807, 2.05) is 6.07 Å². The van der Waals surface area contributed by atoms with Gasteiger partial charge in [0, 0.05) is 5.54 Å². The summed E-state index contributed by atoms with van der Waals surface area (Å²) in [4.78, 5) is 0. The molecular weight excluding hydrogens is 305 g/mol. The summed E-state index contributed by atoms with van der Waals surface area (Å²) in [5, 5.41) is 0. The van der Waals surface area contributed by atoms with Crippen LogP contribution in [0.25, 0.3) is 0 Å². The third-order valence-corrected chi connectivity index (χ3v) is 5.32. The number of hydrogen-bond acceptors (Lipinski definition) is 1. The number of rotatable bonds is 3. The van der Waals surface area contributed by atoms with Gasteiger partial charge < -0.3 is 5.73 Å². The highest BCUT2D eigenvalue weighted by molar-refractivity contribution is 9.10. The van der Waals surface area contributed by atoms with E-state index in [0.29, 0.717) is 16.3 Å². The summed E-state index contributed by atoms with van der Waals surface area (Å²) in [7, 11) is 0. The van der Waals surface area contributed by atoms with Gasteiger partial charge in [0.1, 0.15) is 5.82 Å². The van der Waals surface area contributed by atoms with Gasteiger partial charge in [-0.15, -0.1) is 0 Å². The van der Waals surface area contributed by atoms with Gasteiger partial charge in [-0.1, -0.05) is 38.8 Å². The molecule has 0 saturated heterocycles. The third-order valence-electron chi connectivity index (χ3n) is 4.44. The van der Waals surface area contributed by atoms with Gasteiger partial charge in [-0.25, -0.2) is 4.39 Å². The molecule has 1 aromatic rings. The Morgan fingerprint density at radius 1 is 1.47 bits per heavy atom. The average Bonchev–Trinajstić information content (AvgIpc) is 2.35. The summed E-state index contributed by atoms with van der Waals surface area (Å²) < 4.78 is 14.2. The molecule has 106 valence electrons. The molecular formula is C16H23BrFN. The van der Waals surface area contributed by atoms with Gasteiger partial charge in [0.25, 0.3) is 0 Å². The van der Waals surface area contributed by atoms with E-state index < -0.39 is 0 Å². The molecule has 0 amide bonds. The van der Waals surface area contributed by atoms with E-state index in [1.54, 1.807) is 6.07 Å². The Morgan fingerprint density at radius 3 is 2.89 bits per heavy atom. The van der Waals surface area contributed by atoms with Gasteiger partial charge in [-0.2, -0.15) is 0 Å². The van der Waals surface area contributed by atoms with Crippen LogP contribution < -0.4 is 5.73 Å². The molecule has 0 bridgehead atoms. The van der Waals surface area contributed by atoms with Crippen LogP contribution in [0.5, 0.6) is 0 Å². The molecule has 2 atom stereocenters. The second-order valence-electron chi connectivity index (χ2n) is 6.35. The standard InChI is InChI=1S/C16H23BrFN/c1-11(2)12-6-4-8-16(19,9-12)10-13-5-3-7-14(18)15(13)17/h3,5,7,11-12H,4,6,8-10,19H2,1-2H3. The molecule has 1 fully saturated rings. The Labute approximate surface area is 123 Å². The SMILES string of the molecule is CC(C)C1CCCC(N)(Cc2cccc(F)c2Br)C1. The summed E-state index contributed by atoms with van der Waals surface area (Å²) in [6.45, 7) is 4.54. The molecule has 1 nitrogen and oxygen atoms in total. The Balaban J connectivity index is 2.14. The molecule has 0 aromatic heterocycles. The van der Waals surface area contributed by atoms with E-state index in [1.165, 1.54) is 18.9 Å². The molecule has 1 aliphatic rings. The topological polar surface area (TPSA) is 26.0 Å². The fourth-order valence-electron chi connectivity index (χ4n) is 3.24. The molecule has 2 rings (SSSR count). The van der Waals surface area contributed by atoms with E-state index in [2.05, 4.69) is 29.8 Å². The first-order valence-electron chi connectivity index (χ1n) is 7.13. The van der Waals surface area contributed by atoms with Crippen LogP contribution in [0.3, 0.4) is 0 Å². The van der Waals surface area contributed by atoms with Crippen LogP contribution in [0.15, 0.2) is 22.7 Å². The second kappa shape index (κ2) is 5.92. The van der Waals surface area contributed by atoms with Gasteiger partial charge in [-0.05, 0) is 58.7 Å². The summed E-state index contributed by atoms with van der Waals surface area (Å²) in [6.07, 6.45) is 5.31. The van der Waals surface area contributed by atoms with Crippen molar-refractivity contribution in [2.24, 2.45) is 17.6 Å². The highest BCUT2D eigenvalue weighted by atomic mass is 79.9. The van der Waals surface area contributed by atoms with E-state index in [9.17, 15) is 4.39 Å². The van der Waals surface area contributed by atoms with Crippen molar-refractivity contribution in [3.63, 3.8) is 0 Å². The molecule has 0 heterocycles. The van der Waals surface area contributed by atoms with Crippen LogP contribution in [-0.2, 0) is 6.42 Å². The van der Waals surface area contributed by atoms with Crippen molar-refractivity contribution in [2.45, 2.75) is 51.5 Å². The Kier molecular flexibility index (Phi) is 4.67. The highest BCUT2D eigenvalue weighted by Crippen LogP contribution is 2.38. The first-order valence-corrected chi connectivity index (χ1v) is 7.92. The largest absolute Gasteiger partial charge is 0.325 e. The minimum Gasteiger partial charge on any atom is -0.325 e. The molecule has 2 N–H and O–H groups in total. The molecule has 1 saturated carbocycles. The second-order valence-corrected chi connectivity index (χ2v) is 7.15. The van der Waals surface area contributed by atoms with Crippen LogP contribution in [0.1, 0.15) is 45.1 Å². The summed E-state index contributed by atoms with van der Waals surface area (Å²) in [6, 6.07) is 5.22. The van der Waals surface area contributed by atoms with Gasteiger partial charge in [-0.3, -0.25) is 0 Å².